The first-order valence-corrected chi connectivity index (χ1v) is 3.92. The van der Waals surface area contributed by atoms with Crippen molar-refractivity contribution in [2.24, 2.45) is 0 Å². The van der Waals surface area contributed by atoms with Crippen LogP contribution in [0.1, 0.15) is 5.56 Å². The second kappa shape index (κ2) is 3.93. The lowest BCUT2D eigenvalue weighted by Crippen LogP contribution is -2.43. The molecule has 0 saturated heterocycles. The van der Waals surface area contributed by atoms with E-state index in [4.69, 9.17) is 10.2 Å². The van der Waals surface area contributed by atoms with Crippen LogP contribution in [0.25, 0.3) is 0 Å². The molecule has 1 rings (SSSR count). The molecule has 0 bridgehead atoms. The largest absolute Gasteiger partial charge is 0.456 e. The summed E-state index contributed by atoms with van der Waals surface area (Å²) in [6, 6.07) is 7.74. The monoisotopic (exact) mass is 216 g/mol. The van der Waals surface area contributed by atoms with Crippen molar-refractivity contribution in [3.8, 4) is 11.8 Å². The van der Waals surface area contributed by atoms with Crippen molar-refractivity contribution in [3.05, 3.63) is 35.9 Å². The molecule has 1 aromatic carbocycles. The molecule has 0 aliphatic heterocycles. The highest BCUT2D eigenvalue weighted by Crippen LogP contribution is 2.27. The molecule has 80 valence electrons. The van der Waals surface area contributed by atoms with Crippen molar-refractivity contribution in [2.45, 2.75) is 12.0 Å². The molecule has 0 aliphatic carbocycles. The second-order valence-corrected chi connectivity index (χ2v) is 2.79. The number of rotatable bonds is 0. The Bertz CT molecular complexity index is 385. The Kier molecular flexibility index (Phi) is 3.03. The SMILES string of the molecule is OC(O)(C#Cc1ccccc1)C(F)(F)F. The van der Waals surface area contributed by atoms with Gasteiger partial charge in [-0.25, -0.2) is 0 Å². The zero-order valence-electron chi connectivity index (χ0n) is 7.42. The molecule has 0 aliphatic rings. The van der Waals surface area contributed by atoms with Gasteiger partial charge >= 0.3 is 12.0 Å². The average Bonchev–Trinajstić information content (AvgIpc) is 2.15. The quantitative estimate of drug-likeness (QED) is 0.506. The standard InChI is InChI=1S/C10H7F3O2/c11-10(12,13)9(14,15)7-6-8-4-2-1-3-5-8/h1-5,14-15H. The molecule has 1 aromatic rings. The Hall–Kier alpha value is -1.51. The van der Waals surface area contributed by atoms with E-state index < -0.39 is 12.0 Å². The van der Waals surface area contributed by atoms with Gasteiger partial charge in [0.2, 0.25) is 0 Å². The van der Waals surface area contributed by atoms with Gasteiger partial charge in [0.1, 0.15) is 0 Å². The van der Waals surface area contributed by atoms with Gasteiger partial charge in [0.05, 0.1) is 0 Å². The highest BCUT2D eigenvalue weighted by Gasteiger charge is 2.52. The summed E-state index contributed by atoms with van der Waals surface area (Å²) in [5.74, 6) is -0.597. The predicted molar refractivity (Wildman–Crippen MR) is 46.5 cm³/mol. The number of alkyl halides is 3. The van der Waals surface area contributed by atoms with Gasteiger partial charge in [0, 0.05) is 5.56 Å². The van der Waals surface area contributed by atoms with E-state index >= 15 is 0 Å². The molecule has 0 saturated carbocycles. The third-order valence-corrected chi connectivity index (χ3v) is 1.55. The van der Waals surface area contributed by atoms with Crippen LogP contribution in [0.5, 0.6) is 0 Å². The van der Waals surface area contributed by atoms with Gasteiger partial charge in [-0.15, -0.1) is 0 Å². The first-order chi connectivity index (χ1) is 6.83. The van der Waals surface area contributed by atoms with Crippen molar-refractivity contribution < 1.29 is 23.4 Å². The van der Waals surface area contributed by atoms with Crippen LogP contribution in [-0.2, 0) is 0 Å². The smallest absolute Gasteiger partial charge is 0.349 e. The number of hydrogen-bond acceptors (Lipinski definition) is 2. The fourth-order valence-corrected chi connectivity index (χ4v) is 0.752. The third kappa shape index (κ3) is 2.98. The van der Waals surface area contributed by atoms with Gasteiger partial charge in [-0.05, 0) is 18.1 Å². The van der Waals surface area contributed by atoms with Gasteiger partial charge in [-0.2, -0.15) is 13.2 Å². The molecule has 2 N–H and O–H groups in total. The summed E-state index contributed by atoms with van der Waals surface area (Å²) in [6.07, 6.45) is -5.19. The molecule has 0 aromatic heterocycles. The Labute approximate surface area is 84.0 Å². The van der Waals surface area contributed by atoms with Crippen LogP contribution < -0.4 is 0 Å². The summed E-state index contributed by atoms with van der Waals surface area (Å²) >= 11 is 0. The lowest BCUT2D eigenvalue weighted by atomic mass is 10.2. The molecule has 0 radical (unpaired) electrons. The van der Waals surface area contributed by atoms with Gasteiger partial charge in [-0.3, -0.25) is 0 Å². The minimum Gasteiger partial charge on any atom is -0.349 e. The van der Waals surface area contributed by atoms with E-state index in [1.54, 1.807) is 18.2 Å². The average molecular weight is 216 g/mol. The highest BCUT2D eigenvalue weighted by atomic mass is 19.4. The van der Waals surface area contributed by atoms with Crippen LogP contribution in [0.2, 0.25) is 0 Å². The molecule has 0 fully saturated rings. The summed E-state index contributed by atoms with van der Waals surface area (Å²) in [6.45, 7) is 0. The summed E-state index contributed by atoms with van der Waals surface area (Å²) in [7, 11) is 0. The first-order valence-electron chi connectivity index (χ1n) is 3.92. The Morgan fingerprint density at radius 1 is 1.00 bits per heavy atom. The van der Waals surface area contributed by atoms with Crippen LogP contribution in [0.4, 0.5) is 13.2 Å². The van der Waals surface area contributed by atoms with Crippen LogP contribution in [0.15, 0.2) is 30.3 Å². The van der Waals surface area contributed by atoms with Crippen molar-refractivity contribution >= 4 is 0 Å². The maximum atomic E-state index is 11.9. The van der Waals surface area contributed by atoms with Gasteiger partial charge in [0.15, 0.2) is 0 Å². The lowest BCUT2D eigenvalue weighted by molar-refractivity contribution is -0.318. The van der Waals surface area contributed by atoms with E-state index in [1.807, 2.05) is 5.92 Å². The van der Waals surface area contributed by atoms with E-state index in [0.29, 0.717) is 0 Å². The van der Waals surface area contributed by atoms with E-state index in [1.165, 1.54) is 18.1 Å². The number of aliphatic hydroxyl groups is 2. The normalized spacial score (nSPS) is 11.8. The topological polar surface area (TPSA) is 40.5 Å². The maximum absolute atomic E-state index is 11.9. The zero-order chi connectivity index (χ0) is 11.5. The molecule has 0 spiro atoms. The molecular weight excluding hydrogens is 209 g/mol. The Morgan fingerprint density at radius 2 is 1.53 bits per heavy atom. The molecule has 0 atom stereocenters. The molecule has 15 heavy (non-hydrogen) atoms. The van der Waals surface area contributed by atoms with Crippen LogP contribution in [0.3, 0.4) is 0 Å². The molecule has 5 heteroatoms. The van der Waals surface area contributed by atoms with Gasteiger partial charge < -0.3 is 10.2 Å². The van der Waals surface area contributed by atoms with Crippen LogP contribution >= 0.6 is 0 Å². The molecule has 0 heterocycles. The van der Waals surface area contributed by atoms with Crippen LogP contribution in [-0.4, -0.2) is 22.2 Å². The summed E-state index contributed by atoms with van der Waals surface area (Å²) in [5, 5.41) is 17.1. The van der Waals surface area contributed by atoms with E-state index in [-0.39, 0.29) is 5.56 Å². The van der Waals surface area contributed by atoms with E-state index in [2.05, 4.69) is 0 Å². The van der Waals surface area contributed by atoms with Crippen molar-refractivity contribution in [3.63, 3.8) is 0 Å². The zero-order valence-corrected chi connectivity index (χ0v) is 7.42. The van der Waals surface area contributed by atoms with Crippen molar-refractivity contribution in [2.75, 3.05) is 0 Å². The number of hydrogen-bond donors (Lipinski definition) is 2. The maximum Gasteiger partial charge on any atom is 0.456 e. The molecule has 0 amide bonds. The summed E-state index contributed by atoms with van der Waals surface area (Å²) in [4.78, 5) is 0. The minimum atomic E-state index is -5.19. The van der Waals surface area contributed by atoms with Gasteiger partial charge in [-0.1, -0.05) is 24.1 Å². The fraction of sp³-hybridized carbons (Fsp3) is 0.200. The van der Waals surface area contributed by atoms with E-state index in [0.717, 1.165) is 0 Å². The number of benzene rings is 1. The van der Waals surface area contributed by atoms with Crippen molar-refractivity contribution in [1.29, 1.82) is 0 Å². The van der Waals surface area contributed by atoms with Gasteiger partial charge in [0.25, 0.3) is 0 Å². The molecule has 2 nitrogen and oxygen atoms in total. The Balaban J connectivity index is 2.92. The molecular formula is C10H7F3O2. The third-order valence-electron chi connectivity index (χ3n) is 1.55. The predicted octanol–water partition coefficient (Wildman–Crippen LogP) is 1.28. The Morgan fingerprint density at radius 3 is 2.00 bits per heavy atom. The second-order valence-electron chi connectivity index (χ2n) is 2.79. The fourth-order valence-electron chi connectivity index (χ4n) is 0.752. The first kappa shape index (κ1) is 11.6. The highest BCUT2D eigenvalue weighted by molar-refractivity contribution is 5.35. The van der Waals surface area contributed by atoms with E-state index in [9.17, 15) is 13.2 Å². The minimum absolute atomic E-state index is 0.272. The lowest BCUT2D eigenvalue weighted by Gasteiger charge is -2.17. The van der Waals surface area contributed by atoms with Crippen molar-refractivity contribution in [1.82, 2.24) is 0 Å². The summed E-state index contributed by atoms with van der Waals surface area (Å²) < 4.78 is 35.8. The summed E-state index contributed by atoms with van der Waals surface area (Å²) in [5.41, 5.74) is 0.272. The molecule has 0 unspecified atom stereocenters. The van der Waals surface area contributed by atoms with Crippen LogP contribution in [0, 0.1) is 11.8 Å². The number of halogens is 3.